The minimum Gasteiger partial charge on any atom is -0.361 e. The Labute approximate surface area is 124 Å². The third-order valence-electron chi connectivity index (χ3n) is 4.13. The molecule has 0 saturated heterocycles. The highest BCUT2D eigenvalue weighted by Crippen LogP contribution is 2.30. The van der Waals surface area contributed by atoms with Crippen LogP contribution in [0.2, 0.25) is 0 Å². The van der Waals surface area contributed by atoms with E-state index >= 15 is 0 Å². The third kappa shape index (κ3) is 2.82. The molecule has 0 N–H and O–H groups in total. The van der Waals surface area contributed by atoms with Gasteiger partial charge in [-0.1, -0.05) is 30.3 Å². The molecule has 1 heterocycles. The van der Waals surface area contributed by atoms with Gasteiger partial charge in [0, 0.05) is 17.3 Å². The number of nitrogens with zero attached hydrogens (tertiary/aromatic N) is 1. The number of fused-ring (bicyclic) bond motifs is 1. The highest BCUT2D eigenvalue weighted by atomic mass is 19.1. The summed E-state index contributed by atoms with van der Waals surface area (Å²) >= 11 is 0. The molecule has 1 aliphatic heterocycles. The van der Waals surface area contributed by atoms with E-state index in [0.717, 1.165) is 18.5 Å². The van der Waals surface area contributed by atoms with Crippen molar-refractivity contribution >= 4 is 11.5 Å². The minimum atomic E-state index is -0.368. The lowest BCUT2D eigenvalue weighted by Crippen LogP contribution is -2.40. The van der Waals surface area contributed by atoms with Crippen LogP contribution in [-0.2, 0) is 6.42 Å². The fourth-order valence-corrected chi connectivity index (χ4v) is 2.91. The number of hydrogen-bond donors (Lipinski definition) is 0. The van der Waals surface area contributed by atoms with Crippen LogP contribution in [-0.4, -0.2) is 18.4 Å². The van der Waals surface area contributed by atoms with Crippen LogP contribution in [0.25, 0.3) is 0 Å². The van der Waals surface area contributed by atoms with E-state index in [1.807, 2.05) is 12.1 Å². The normalized spacial score (nSPS) is 17.4. The smallest absolute Gasteiger partial charge is 0.182 e. The molecule has 3 rings (SSSR count). The molecule has 0 aliphatic carbocycles. The summed E-state index contributed by atoms with van der Waals surface area (Å²) in [4.78, 5) is 14.5. The van der Waals surface area contributed by atoms with Gasteiger partial charge in [-0.15, -0.1) is 0 Å². The zero-order valence-corrected chi connectivity index (χ0v) is 12.1. The fraction of sp³-hybridized carbons (Fsp3) is 0.278. The first kappa shape index (κ1) is 13.8. The molecule has 2 aromatic carbocycles. The molecule has 0 radical (unpaired) electrons. The van der Waals surface area contributed by atoms with Crippen LogP contribution < -0.4 is 4.90 Å². The number of carbonyl (C=O) groups is 1. The van der Waals surface area contributed by atoms with Crippen molar-refractivity contribution in [1.29, 1.82) is 0 Å². The predicted molar refractivity (Wildman–Crippen MR) is 82.3 cm³/mol. The van der Waals surface area contributed by atoms with E-state index in [4.69, 9.17) is 0 Å². The molecular weight excluding hydrogens is 265 g/mol. The van der Waals surface area contributed by atoms with E-state index < -0.39 is 0 Å². The van der Waals surface area contributed by atoms with Gasteiger partial charge in [-0.3, -0.25) is 4.79 Å². The van der Waals surface area contributed by atoms with Crippen LogP contribution in [0, 0.1) is 5.82 Å². The van der Waals surface area contributed by atoms with Crippen LogP contribution in [0.5, 0.6) is 0 Å². The molecule has 0 aromatic heterocycles. The Balaban J connectivity index is 1.86. The van der Waals surface area contributed by atoms with Crippen molar-refractivity contribution in [1.82, 2.24) is 0 Å². The van der Waals surface area contributed by atoms with E-state index in [9.17, 15) is 9.18 Å². The second-order valence-electron chi connectivity index (χ2n) is 5.58. The van der Waals surface area contributed by atoms with Crippen molar-refractivity contribution in [3.8, 4) is 0 Å². The number of rotatable bonds is 3. The molecule has 0 bridgehead atoms. The quantitative estimate of drug-likeness (QED) is 0.797. The summed E-state index contributed by atoms with van der Waals surface area (Å²) in [7, 11) is 0. The van der Waals surface area contributed by atoms with Gasteiger partial charge in [-0.05, 0) is 43.5 Å². The van der Waals surface area contributed by atoms with Gasteiger partial charge in [0.15, 0.2) is 5.78 Å². The number of Topliss-reactive ketones (excluding diaryl/α,β-unsaturated/α-hetero) is 1. The molecular formula is C18H18FNO. The SMILES string of the molecule is CC1CCc2ccccc2N1CC(=O)c1cccc(F)c1. The maximum absolute atomic E-state index is 13.3. The van der Waals surface area contributed by atoms with Crippen LogP contribution in [0.3, 0.4) is 0 Å². The van der Waals surface area contributed by atoms with Crippen molar-refractivity contribution in [3.63, 3.8) is 0 Å². The number of ketones is 1. The Kier molecular flexibility index (Phi) is 3.74. The molecule has 3 heteroatoms. The molecule has 1 unspecified atom stereocenters. The maximum atomic E-state index is 13.3. The summed E-state index contributed by atoms with van der Waals surface area (Å²) in [5, 5.41) is 0. The van der Waals surface area contributed by atoms with E-state index in [0.29, 0.717) is 18.2 Å². The van der Waals surface area contributed by atoms with Gasteiger partial charge in [0.25, 0.3) is 0 Å². The van der Waals surface area contributed by atoms with E-state index in [1.165, 1.54) is 17.7 Å². The number of carbonyl (C=O) groups excluding carboxylic acids is 1. The molecule has 2 aromatic rings. The topological polar surface area (TPSA) is 20.3 Å². The molecule has 2 nitrogen and oxygen atoms in total. The standard InChI is InChI=1S/C18H18FNO/c1-13-9-10-14-5-2-3-8-17(14)20(13)12-18(21)15-6-4-7-16(19)11-15/h2-8,11,13H,9-10,12H2,1H3. The Bertz CT molecular complexity index is 668. The van der Waals surface area contributed by atoms with E-state index in [-0.39, 0.29) is 11.6 Å². The number of anilines is 1. The van der Waals surface area contributed by atoms with Crippen molar-refractivity contribution in [3.05, 3.63) is 65.5 Å². The fourth-order valence-electron chi connectivity index (χ4n) is 2.91. The van der Waals surface area contributed by atoms with Gasteiger partial charge in [-0.2, -0.15) is 0 Å². The van der Waals surface area contributed by atoms with Crippen LogP contribution in [0.15, 0.2) is 48.5 Å². The average molecular weight is 283 g/mol. The van der Waals surface area contributed by atoms with Gasteiger partial charge in [0.2, 0.25) is 0 Å². The zero-order valence-electron chi connectivity index (χ0n) is 12.1. The minimum absolute atomic E-state index is 0.0435. The van der Waals surface area contributed by atoms with Crippen molar-refractivity contribution < 1.29 is 9.18 Å². The summed E-state index contributed by atoms with van der Waals surface area (Å²) in [6, 6.07) is 14.4. The first-order valence-corrected chi connectivity index (χ1v) is 7.28. The zero-order chi connectivity index (χ0) is 14.8. The highest BCUT2D eigenvalue weighted by molar-refractivity contribution is 5.99. The first-order chi connectivity index (χ1) is 10.1. The predicted octanol–water partition coefficient (Wildman–Crippen LogP) is 3.85. The molecule has 1 aliphatic rings. The van der Waals surface area contributed by atoms with Crippen molar-refractivity contribution in [2.24, 2.45) is 0 Å². The van der Waals surface area contributed by atoms with Gasteiger partial charge in [-0.25, -0.2) is 4.39 Å². The van der Waals surface area contributed by atoms with Crippen LogP contribution in [0.1, 0.15) is 29.3 Å². The van der Waals surface area contributed by atoms with Gasteiger partial charge < -0.3 is 4.90 Å². The lowest BCUT2D eigenvalue weighted by atomic mass is 9.96. The Hall–Kier alpha value is -2.16. The summed E-state index contributed by atoms with van der Waals surface area (Å²) < 4.78 is 13.3. The number of halogens is 1. The highest BCUT2D eigenvalue weighted by Gasteiger charge is 2.24. The molecule has 0 fully saturated rings. The Morgan fingerprint density at radius 2 is 2.05 bits per heavy atom. The third-order valence-corrected chi connectivity index (χ3v) is 4.13. The number of hydrogen-bond acceptors (Lipinski definition) is 2. The van der Waals surface area contributed by atoms with E-state index in [2.05, 4.69) is 24.0 Å². The Morgan fingerprint density at radius 3 is 2.86 bits per heavy atom. The molecule has 108 valence electrons. The van der Waals surface area contributed by atoms with Gasteiger partial charge in [0.1, 0.15) is 5.82 Å². The van der Waals surface area contributed by atoms with Crippen LogP contribution in [0.4, 0.5) is 10.1 Å². The van der Waals surface area contributed by atoms with Crippen molar-refractivity contribution in [2.45, 2.75) is 25.8 Å². The second kappa shape index (κ2) is 5.68. The summed E-state index contributed by atoms with van der Waals surface area (Å²) in [5.41, 5.74) is 2.84. The number of benzene rings is 2. The molecule has 0 spiro atoms. The second-order valence-corrected chi connectivity index (χ2v) is 5.58. The lowest BCUT2D eigenvalue weighted by molar-refractivity contribution is 0.0996. The lowest BCUT2D eigenvalue weighted by Gasteiger charge is -2.36. The van der Waals surface area contributed by atoms with Gasteiger partial charge >= 0.3 is 0 Å². The molecule has 1 atom stereocenters. The number of aryl methyl sites for hydroxylation is 1. The Morgan fingerprint density at radius 1 is 1.24 bits per heavy atom. The molecule has 0 saturated carbocycles. The molecule has 0 amide bonds. The maximum Gasteiger partial charge on any atom is 0.182 e. The summed E-state index contributed by atoms with van der Waals surface area (Å²) in [5.74, 6) is -0.411. The summed E-state index contributed by atoms with van der Waals surface area (Å²) in [6.07, 6.45) is 2.08. The monoisotopic (exact) mass is 283 g/mol. The largest absolute Gasteiger partial charge is 0.361 e. The number of para-hydroxylation sites is 1. The molecule has 21 heavy (non-hydrogen) atoms. The average Bonchev–Trinajstić information content (AvgIpc) is 2.50. The van der Waals surface area contributed by atoms with Gasteiger partial charge in [0.05, 0.1) is 6.54 Å². The first-order valence-electron chi connectivity index (χ1n) is 7.28. The summed E-state index contributed by atoms with van der Waals surface area (Å²) in [6.45, 7) is 2.43. The van der Waals surface area contributed by atoms with E-state index in [1.54, 1.807) is 12.1 Å². The van der Waals surface area contributed by atoms with Crippen molar-refractivity contribution in [2.75, 3.05) is 11.4 Å². The van der Waals surface area contributed by atoms with Crippen LogP contribution >= 0.6 is 0 Å².